The third-order valence-corrected chi connectivity index (χ3v) is 4.53. The number of H-pyrrole nitrogens is 1. The second-order valence-electron chi connectivity index (χ2n) is 4.52. The first-order valence-electron chi connectivity index (χ1n) is 5.94. The Morgan fingerprint density at radius 3 is 2.74 bits per heavy atom. The van der Waals surface area contributed by atoms with E-state index < -0.39 is 0 Å². The lowest BCUT2D eigenvalue weighted by atomic mass is 10.1. The molecule has 1 aromatic carbocycles. The molecule has 0 aliphatic rings. The van der Waals surface area contributed by atoms with E-state index in [0.717, 1.165) is 28.4 Å². The number of fused-ring (bicyclic) bond motifs is 1. The molecule has 0 saturated heterocycles. The molecule has 4 heteroatoms. The van der Waals surface area contributed by atoms with E-state index >= 15 is 0 Å². The van der Waals surface area contributed by atoms with Gasteiger partial charge in [0, 0.05) is 26.3 Å². The van der Waals surface area contributed by atoms with Crippen LogP contribution in [0.25, 0.3) is 22.2 Å². The maximum Gasteiger partial charge on any atom is 0.152 e. The molecule has 3 aromatic rings. The third-order valence-electron chi connectivity index (χ3n) is 3.25. The number of aromatic nitrogens is 1. The van der Waals surface area contributed by atoms with Crippen molar-refractivity contribution in [2.24, 2.45) is 0 Å². The third kappa shape index (κ3) is 1.90. The van der Waals surface area contributed by atoms with Gasteiger partial charge in [-0.2, -0.15) is 0 Å². The number of aromatic amines is 1. The molecule has 0 fully saturated rings. The summed E-state index contributed by atoms with van der Waals surface area (Å²) in [6.45, 7) is 4.13. The minimum atomic E-state index is 0.636. The Kier molecular flexibility index (Phi) is 2.96. The van der Waals surface area contributed by atoms with Crippen LogP contribution in [0.2, 0.25) is 5.02 Å². The number of carbonyl (C=O) groups excluding carboxylic acids is 1. The smallest absolute Gasteiger partial charge is 0.152 e. The minimum Gasteiger partial charge on any atom is -0.353 e. The average molecular weight is 290 g/mol. The second-order valence-corrected chi connectivity index (χ2v) is 6.39. The van der Waals surface area contributed by atoms with Crippen molar-refractivity contribution in [3.05, 3.63) is 44.6 Å². The highest BCUT2D eigenvalue weighted by Gasteiger charge is 2.16. The van der Waals surface area contributed by atoms with E-state index in [2.05, 4.69) is 24.9 Å². The fourth-order valence-corrected chi connectivity index (χ4v) is 3.57. The summed E-state index contributed by atoms with van der Waals surface area (Å²) in [5, 5.41) is 1.51. The van der Waals surface area contributed by atoms with Gasteiger partial charge in [-0.25, -0.2) is 0 Å². The molecular formula is C15H12ClNOS. The lowest BCUT2D eigenvalue weighted by molar-refractivity contribution is 0.112. The van der Waals surface area contributed by atoms with Crippen molar-refractivity contribution in [1.29, 1.82) is 0 Å². The van der Waals surface area contributed by atoms with Gasteiger partial charge in [0.15, 0.2) is 6.29 Å². The highest BCUT2D eigenvalue weighted by Crippen LogP contribution is 2.36. The molecule has 2 nitrogen and oxygen atoms in total. The highest BCUT2D eigenvalue weighted by molar-refractivity contribution is 7.12. The summed E-state index contributed by atoms with van der Waals surface area (Å²) >= 11 is 7.92. The van der Waals surface area contributed by atoms with Gasteiger partial charge in [-0.15, -0.1) is 11.3 Å². The predicted octanol–water partition coefficient (Wildman–Crippen LogP) is 4.98. The maximum absolute atomic E-state index is 11.4. The number of para-hydroxylation sites is 1. The summed E-state index contributed by atoms with van der Waals surface area (Å²) in [7, 11) is 0. The highest BCUT2D eigenvalue weighted by atomic mass is 35.5. The summed E-state index contributed by atoms with van der Waals surface area (Å²) in [6, 6.07) is 7.70. The Bertz CT molecular complexity index is 785. The van der Waals surface area contributed by atoms with Gasteiger partial charge in [0.2, 0.25) is 0 Å². The molecule has 2 heterocycles. The van der Waals surface area contributed by atoms with E-state index in [9.17, 15) is 4.79 Å². The number of halogens is 1. The molecule has 1 N–H and O–H groups in total. The Morgan fingerprint density at radius 2 is 2.11 bits per heavy atom. The van der Waals surface area contributed by atoms with Crippen molar-refractivity contribution in [3.63, 3.8) is 0 Å². The number of nitrogens with one attached hydrogen (secondary N) is 1. The molecule has 19 heavy (non-hydrogen) atoms. The Morgan fingerprint density at radius 1 is 1.32 bits per heavy atom. The fraction of sp³-hybridized carbons (Fsp3) is 0.133. The van der Waals surface area contributed by atoms with Gasteiger partial charge in [0.1, 0.15) is 0 Å². The molecular weight excluding hydrogens is 278 g/mol. The van der Waals surface area contributed by atoms with Crippen molar-refractivity contribution in [2.75, 3.05) is 0 Å². The van der Waals surface area contributed by atoms with Crippen LogP contribution in [-0.4, -0.2) is 11.3 Å². The lowest BCUT2D eigenvalue weighted by Gasteiger charge is -1.97. The van der Waals surface area contributed by atoms with Crippen LogP contribution < -0.4 is 0 Å². The molecule has 0 amide bonds. The summed E-state index contributed by atoms with van der Waals surface area (Å²) in [5.41, 5.74) is 3.44. The first-order valence-corrected chi connectivity index (χ1v) is 7.14. The van der Waals surface area contributed by atoms with Crippen LogP contribution in [0.5, 0.6) is 0 Å². The van der Waals surface area contributed by atoms with Crippen LogP contribution in [0.3, 0.4) is 0 Å². The van der Waals surface area contributed by atoms with Gasteiger partial charge in [-0.05, 0) is 26.0 Å². The van der Waals surface area contributed by atoms with E-state index in [4.69, 9.17) is 11.6 Å². The Hall–Kier alpha value is -1.58. The first kappa shape index (κ1) is 12.5. The van der Waals surface area contributed by atoms with Crippen molar-refractivity contribution in [3.8, 4) is 11.3 Å². The van der Waals surface area contributed by atoms with Gasteiger partial charge in [-0.1, -0.05) is 23.7 Å². The Labute approximate surface area is 120 Å². The molecule has 2 aromatic heterocycles. The van der Waals surface area contributed by atoms with E-state index in [0.29, 0.717) is 10.6 Å². The van der Waals surface area contributed by atoms with Crippen LogP contribution in [0.4, 0.5) is 0 Å². The van der Waals surface area contributed by atoms with Crippen LogP contribution in [0, 0.1) is 13.8 Å². The number of carbonyl (C=O) groups is 1. The van der Waals surface area contributed by atoms with E-state index in [1.54, 1.807) is 11.3 Å². The zero-order valence-corrected chi connectivity index (χ0v) is 12.2. The predicted molar refractivity (Wildman–Crippen MR) is 81.5 cm³/mol. The second kappa shape index (κ2) is 4.51. The van der Waals surface area contributed by atoms with Crippen LogP contribution in [0.15, 0.2) is 24.3 Å². The number of thiophene rings is 1. The van der Waals surface area contributed by atoms with Crippen molar-refractivity contribution in [1.82, 2.24) is 4.98 Å². The van der Waals surface area contributed by atoms with Gasteiger partial charge in [0.05, 0.1) is 16.2 Å². The number of aldehydes is 1. The Balaban J connectivity index is 2.38. The zero-order valence-electron chi connectivity index (χ0n) is 10.6. The molecule has 0 aliphatic heterocycles. The standard InChI is InChI=1S/C15H12ClNOS/c1-8-6-11(9(2)19-8)14-12(7-18)10-4-3-5-13(16)15(10)17-14/h3-7,17H,1-2H3. The molecule has 0 unspecified atom stereocenters. The summed E-state index contributed by atoms with van der Waals surface area (Å²) in [4.78, 5) is 17.2. The number of benzene rings is 1. The van der Waals surface area contributed by atoms with Gasteiger partial charge >= 0.3 is 0 Å². The molecule has 0 radical (unpaired) electrons. The van der Waals surface area contributed by atoms with Crippen LogP contribution in [0.1, 0.15) is 20.1 Å². The van der Waals surface area contributed by atoms with Crippen molar-refractivity contribution < 1.29 is 4.79 Å². The number of aryl methyl sites for hydroxylation is 2. The number of rotatable bonds is 2. The topological polar surface area (TPSA) is 32.9 Å². The molecule has 0 atom stereocenters. The normalized spacial score (nSPS) is 11.1. The molecule has 0 aliphatic carbocycles. The van der Waals surface area contributed by atoms with E-state index in [1.165, 1.54) is 9.75 Å². The minimum absolute atomic E-state index is 0.636. The van der Waals surface area contributed by atoms with Crippen molar-refractivity contribution in [2.45, 2.75) is 13.8 Å². The molecule has 0 bridgehead atoms. The zero-order chi connectivity index (χ0) is 13.6. The monoisotopic (exact) mass is 289 g/mol. The van der Waals surface area contributed by atoms with E-state index in [-0.39, 0.29) is 0 Å². The van der Waals surface area contributed by atoms with Gasteiger partial charge < -0.3 is 4.98 Å². The van der Waals surface area contributed by atoms with E-state index in [1.807, 2.05) is 18.2 Å². The fourth-order valence-electron chi connectivity index (χ4n) is 2.42. The molecule has 0 saturated carbocycles. The number of hydrogen-bond donors (Lipinski definition) is 1. The molecule has 0 spiro atoms. The number of hydrogen-bond acceptors (Lipinski definition) is 2. The maximum atomic E-state index is 11.4. The summed E-state index contributed by atoms with van der Waals surface area (Å²) in [5.74, 6) is 0. The lowest BCUT2D eigenvalue weighted by Crippen LogP contribution is -1.84. The first-order chi connectivity index (χ1) is 9.11. The SMILES string of the molecule is Cc1cc(-c2[nH]c3c(Cl)cccc3c2C=O)c(C)s1. The van der Waals surface area contributed by atoms with Crippen LogP contribution in [-0.2, 0) is 0 Å². The molecule has 96 valence electrons. The average Bonchev–Trinajstić information content (AvgIpc) is 2.90. The molecule has 3 rings (SSSR count). The summed E-state index contributed by atoms with van der Waals surface area (Å²) in [6.07, 6.45) is 0.900. The quantitative estimate of drug-likeness (QED) is 0.663. The largest absolute Gasteiger partial charge is 0.353 e. The van der Waals surface area contributed by atoms with Crippen molar-refractivity contribution >= 4 is 40.1 Å². The van der Waals surface area contributed by atoms with Gasteiger partial charge in [0.25, 0.3) is 0 Å². The van der Waals surface area contributed by atoms with Gasteiger partial charge in [-0.3, -0.25) is 4.79 Å². The summed E-state index contributed by atoms with van der Waals surface area (Å²) < 4.78 is 0. The van der Waals surface area contributed by atoms with Crippen LogP contribution >= 0.6 is 22.9 Å².